The molecular formula is C29H28N4O6S2. The molecule has 1 N–H and O–H groups in total. The number of nitrogens with zero attached hydrogens (tertiary/aromatic N) is 3. The Hall–Kier alpha value is -4.13. The monoisotopic (exact) mass is 592 g/mol. The third-order valence-electron chi connectivity index (χ3n) is 6.63. The summed E-state index contributed by atoms with van der Waals surface area (Å²) in [4.78, 5) is 41.6. The first-order valence-electron chi connectivity index (χ1n) is 13.0. The van der Waals surface area contributed by atoms with Crippen molar-refractivity contribution < 1.29 is 27.5 Å². The summed E-state index contributed by atoms with van der Waals surface area (Å²) >= 11 is 1.18. The van der Waals surface area contributed by atoms with Gasteiger partial charge in [0.25, 0.3) is 5.91 Å². The van der Waals surface area contributed by atoms with E-state index in [1.165, 1.54) is 46.8 Å². The summed E-state index contributed by atoms with van der Waals surface area (Å²) in [6.45, 7) is 3.84. The zero-order valence-corrected chi connectivity index (χ0v) is 24.1. The quantitative estimate of drug-likeness (QED) is 0.326. The van der Waals surface area contributed by atoms with Crippen LogP contribution in [0, 0.1) is 0 Å². The van der Waals surface area contributed by atoms with Crippen LogP contribution in [0.25, 0.3) is 10.2 Å². The fourth-order valence-electron chi connectivity index (χ4n) is 4.67. The van der Waals surface area contributed by atoms with Gasteiger partial charge in [0, 0.05) is 31.3 Å². The molecule has 0 spiro atoms. The van der Waals surface area contributed by atoms with Crippen molar-refractivity contribution in [2.24, 2.45) is 4.99 Å². The minimum atomic E-state index is -3.75. The van der Waals surface area contributed by atoms with E-state index in [2.05, 4.69) is 10.3 Å². The summed E-state index contributed by atoms with van der Waals surface area (Å²) < 4.78 is 35.5. The standard InChI is InChI=1S/C29H28N4O6S2/c1-3-39-27(35)18-33-25-13-10-23(30-19(2)34)16-26(25)40-29(33)31-28(36)21-8-11-24(12-9-21)41(37,38)32-15-14-20-6-4-5-7-22(20)17-32/h4-13,16H,3,14-15,17-18H2,1-2H3,(H,30,34). The molecule has 12 heteroatoms. The van der Waals surface area contributed by atoms with E-state index in [4.69, 9.17) is 4.74 Å². The molecule has 2 heterocycles. The first-order valence-corrected chi connectivity index (χ1v) is 15.2. The van der Waals surface area contributed by atoms with Crippen LogP contribution in [0.3, 0.4) is 0 Å². The SMILES string of the molecule is CCOC(=O)Cn1c(=NC(=O)c2ccc(S(=O)(=O)N3CCc4ccccc4C3)cc2)sc2cc(NC(C)=O)ccc21. The molecule has 0 unspecified atom stereocenters. The average molecular weight is 593 g/mol. The summed E-state index contributed by atoms with van der Waals surface area (Å²) in [6, 6.07) is 18.7. The molecular weight excluding hydrogens is 564 g/mol. The number of anilines is 1. The van der Waals surface area contributed by atoms with E-state index in [1.54, 1.807) is 29.7 Å². The number of sulfonamides is 1. The number of esters is 1. The third-order valence-corrected chi connectivity index (χ3v) is 9.53. The summed E-state index contributed by atoms with van der Waals surface area (Å²) in [7, 11) is -3.75. The summed E-state index contributed by atoms with van der Waals surface area (Å²) in [5.74, 6) is -1.30. The molecule has 0 fully saturated rings. The number of aromatic nitrogens is 1. The second-order valence-electron chi connectivity index (χ2n) is 9.44. The first-order chi connectivity index (χ1) is 19.7. The maximum atomic E-state index is 13.3. The second-order valence-corrected chi connectivity index (χ2v) is 12.4. The molecule has 0 aliphatic carbocycles. The molecule has 0 radical (unpaired) electrons. The number of hydrogen-bond donors (Lipinski definition) is 1. The Bertz CT molecular complexity index is 1820. The molecule has 41 heavy (non-hydrogen) atoms. The third kappa shape index (κ3) is 6.14. The van der Waals surface area contributed by atoms with Crippen LogP contribution in [0.5, 0.6) is 0 Å². The van der Waals surface area contributed by atoms with Gasteiger partial charge in [-0.05, 0) is 66.9 Å². The van der Waals surface area contributed by atoms with Gasteiger partial charge in [0.05, 0.1) is 21.7 Å². The van der Waals surface area contributed by atoms with Crippen molar-refractivity contribution in [3.05, 3.63) is 88.2 Å². The molecule has 2 amide bonds. The Labute approximate surface area is 241 Å². The number of hydrogen-bond acceptors (Lipinski definition) is 7. The van der Waals surface area contributed by atoms with E-state index in [9.17, 15) is 22.8 Å². The van der Waals surface area contributed by atoms with Crippen molar-refractivity contribution in [2.45, 2.75) is 38.3 Å². The Morgan fingerprint density at radius 1 is 1.02 bits per heavy atom. The summed E-state index contributed by atoms with van der Waals surface area (Å²) in [5.41, 5.74) is 3.55. The van der Waals surface area contributed by atoms with Crippen LogP contribution in [0.2, 0.25) is 0 Å². The normalized spacial score (nSPS) is 14.0. The molecule has 0 saturated heterocycles. The smallest absolute Gasteiger partial charge is 0.326 e. The highest BCUT2D eigenvalue weighted by Gasteiger charge is 2.28. The van der Waals surface area contributed by atoms with E-state index in [1.807, 2.05) is 24.3 Å². The maximum absolute atomic E-state index is 13.3. The minimum absolute atomic E-state index is 0.0955. The summed E-state index contributed by atoms with van der Waals surface area (Å²) in [6.07, 6.45) is 0.637. The molecule has 0 bridgehead atoms. The lowest BCUT2D eigenvalue weighted by Crippen LogP contribution is -2.35. The number of ether oxygens (including phenoxy) is 1. The van der Waals surface area contributed by atoms with Crippen LogP contribution in [0.4, 0.5) is 5.69 Å². The predicted molar refractivity (Wildman–Crippen MR) is 155 cm³/mol. The topological polar surface area (TPSA) is 127 Å². The Balaban J connectivity index is 1.43. The maximum Gasteiger partial charge on any atom is 0.326 e. The molecule has 4 aromatic rings. The van der Waals surface area contributed by atoms with Gasteiger partial charge in [0.15, 0.2) is 4.80 Å². The van der Waals surface area contributed by atoms with Crippen molar-refractivity contribution in [1.82, 2.24) is 8.87 Å². The van der Waals surface area contributed by atoms with E-state index < -0.39 is 21.9 Å². The lowest BCUT2D eigenvalue weighted by atomic mass is 10.0. The minimum Gasteiger partial charge on any atom is -0.465 e. The highest BCUT2D eigenvalue weighted by Crippen LogP contribution is 2.26. The van der Waals surface area contributed by atoms with Crippen molar-refractivity contribution in [3.63, 3.8) is 0 Å². The molecule has 0 saturated carbocycles. The fraction of sp³-hybridized carbons (Fsp3) is 0.241. The van der Waals surface area contributed by atoms with Gasteiger partial charge in [-0.2, -0.15) is 9.30 Å². The van der Waals surface area contributed by atoms with Gasteiger partial charge in [-0.25, -0.2) is 8.42 Å². The second kappa shape index (κ2) is 11.8. The number of thiazole rings is 1. The van der Waals surface area contributed by atoms with Crippen molar-refractivity contribution in [3.8, 4) is 0 Å². The number of fused-ring (bicyclic) bond motifs is 2. The lowest BCUT2D eigenvalue weighted by molar-refractivity contribution is -0.143. The highest BCUT2D eigenvalue weighted by atomic mass is 32.2. The van der Waals surface area contributed by atoms with Crippen LogP contribution >= 0.6 is 11.3 Å². The van der Waals surface area contributed by atoms with Crippen LogP contribution in [-0.4, -0.2) is 48.2 Å². The van der Waals surface area contributed by atoms with Crippen molar-refractivity contribution in [2.75, 3.05) is 18.5 Å². The summed E-state index contributed by atoms with van der Waals surface area (Å²) in [5, 5.41) is 2.72. The Morgan fingerprint density at radius 2 is 1.76 bits per heavy atom. The Morgan fingerprint density at radius 3 is 2.46 bits per heavy atom. The number of nitrogens with one attached hydrogen (secondary N) is 1. The predicted octanol–water partition coefficient (Wildman–Crippen LogP) is 3.71. The molecule has 1 aliphatic heterocycles. The van der Waals surface area contributed by atoms with Crippen molar-refractivity contribution in [1.29, 1.82) is 0 Å². The molecule has 1 aliphatic rings. The fourth-order valence-corrected chi connectivity index (χ4v) is 7.16. The highest BCUT2D eigenvalue weighted by molar-refractivity contribution is 7.89. The van der Waals surface area contributed by atoms with Gasteiger partial charge in [0.2, 0.25) is 15.9 Å². The lowest BCUT2D eigenvalue weighted by Gasteiger charge is -2.28. The van der Waals surface area contributed by atoms with Crippen molar-refractivity contribution >= 4 is 55.0 Å². The average Bonchev–Trinajstić information content (AvgIpc) is 3.28. The van der Waals surface area contributed by atoms with Crippen LogP contribution in [-0.2, 0) is 43.9 Å². The molecule has 3 aromatic carbocycles. The van der Waals surface area contributed by atoms with E-state index in [0.717, 1.165) is 11.1 Å². The van der Waals surface area contributed by atoms with Gasteiger partial charge in [-0.3, -0.25) is 14.4 Å². The van der Waals surface area contributed by atoms with Gasteiger partial charge in [-0.1, -0.05) is 35.6 Å². The molecule has 5 rings (SSSR count). The van der Waals surface area contributed by atoms with E-state index in [0.29, 0.717) is 35.4 Å². The van der Waals surface area contributed by atoms with Crippen LogP contribution in [0.1, 0.15) is 35.3 Å². The largest absolute Gasteiger partial charge is 0.465 e. The van der Waals surface area contributed by atoms with Gasteiger partial charge >= 0.3 is 5.97 Å². The number of amides is 2. The molecule has 1 aromatic heterocycles. The number of benzene rings is 3. The molecule has 10 nitrogen and oxygen atoms in total. The van der Waals surface area contributed by atoms with Crippen LogP contribution in [0.15, 0.2) is 76.6 Å². The van der Waals surface area contributed by atoms with Crippen LogP contribution < -0.4 is 10.1 Å². The van der Waals surface area contributed by atoms with Gasteiger partial charge in [-0.15, -0.1) is 0 Å². The van der Waals surface area contributed by atoms with E-state index in [-0.39, 0.29) is 34.3 Å². The van der Waals surface area contributed by atoms with Gasteiger partial charge in [0.1, 0.15) is 6.54 Å². The zero-order chi connectivity index (χ0) is 29.1. The van der Waals surface area contributed by atoms with Gasteiger partial charge < -0.3 is 14.6 Å². The first kappa shape index (κ1) is 28.4. The molecule has 0 atom stereocenters. The number of carbonyl (C=O) groups excluding carboxylic acids is 3. The Kier molecular flexibility index (Phi) is 8.15. The zero-order valence-electron chi connectivity index (χ0n) is 22.5. The molecule has 212 valence electrons. The number of carbonyl (C=O) groups is 3. The number of rotatable bonds is 7. The van der Waals surface area contributed by atoms with E-state index >= 15 is 0 Å².